The number of rotatable bonds is 8. The predicted molar refractivity (Wildman–Crippen MR) is 105 cm³/mol. The summed E-state index contributed by atoms with van der Waals surface area (Å²) in [5, 5.41) is 6.17. The minimum Gasteiger partial charge on any atom is -0.497 e. The molecule has 1 amide bonds. The van der Waals surface area contributed by atoms with Crippen molar-refractivity contribution < 1.29 is 9.53 Å². The molecule has 0 aliphatic rings. The standard InChI is InChI=1S/C21H22N4O2/c1-27-18-6-4-16(5-7-18)10-14-24-21(26)19-3-2-11-23-20(19)25-15-17-8-12-22-13-9-17/h2-9,11-13H,10,14-15H2,1H3,(H,23,25)(H,24,26). The van der Waals surface area contributed by atoms with Gasteiger partial charge in [-0.2, -0.15) is 0 Å². The minimum atomic E-state index is -0.145. The van der Waals surface area contributed by atoms with Crippen LogP contribution in [0.5, 0.6) is 5.75 Å². The van der Waals surface area contributed by atoms with Gasteiger partial charge < -0.3 is 15.4 Å². The number of ether oxygens (including phenoxy) is 1. The third-order valence-electron chi connectivity index (χ3n) is 4.12. The number of hydrogen-bond acceptors (Lipinski definition) is 5. The first-order valence-corrected chi connectivity index (χ1v) is 8.75. The second-order valence-corrected chi connectivity index (χ2v) is 5.96. The Bertz CT molecular complexity index is 867. The average molecular weight is 362 g/mol. The first kappa shape index (κ1) is 18.4. The number of nitrogens with one attached hydrogen (secondary N) is 2. The van der Waals surface area contributed by atoms with Gasteiger partial charge in [-0.3, -0.25) is 9.78 Å². The summed E-state index contributed by atoms with van der Waals surface area (Å²) >= 11 is 0. The Kier molecular flexibility index (Phi) is 6.35. The number of anilines is 1. The van der Waals surface area contributed by atoms with Gasteiger partial charge in [0.2, 0.25) is 0 Å². The van der Waals surface area contributed by atoms with Crippen molar-refractivity contribution in [2.24, 2.45) is 0 Å². The fraction of sp³-hybridized carbons (Fsp3) is 0.190. The van der Waals surface area contributed by atoms with Gasteiger partial charge in [-0.1, -0.05) is 12.1 Å². The van der Waals surface area contributed by atoms with Crippen molar-refractivity contribution in [3.63, 3.8) is 0 Å². The molecule has 27 heavy (non-hydrogen) atoms. The largest absolute Gasteiger partial charge is 0.497 e. The molecule has 138 valence electrons. The number of hydrogen-bond donors (Lipinski definition) is 2. The highest BCUT2D eigenvalue weighted by Gasteiger charge is 2.11. The van der Waals surface area contributed by atoms with Gasteiger partial charge in [0.05, 0.1) is 12.7 Å². The number of aromatic nitrogens is 2. The molecule has 0 bridgehead atoms. The van der Waals surface area contributed by atoms with E-state index in [0.29, 0.717) is 24.5 Å². The maximum Gasteiger partial charge on any atom is 0.255 e. The summed E-state index contributed by atoms with van der Waals surface area (Å²) in [5.41, 5.74) is 2.74. The van der Waals surface area contributed by atoms with E-state index in [1.165, 1.54) is 0 Å². The van der Waals surface area contributed by atoms with Crippen LogP contribution in [0.15, 0.2) is 67.1 Å². The number of amides is 1. The highest BCUT2D eigenvalue weighted by molar-refractivity contribution is 5.98. The molecule has 2 aromatic heterocycles. The van der Waals surface area contributed by atoms with Gasteiger partial charge in [0.15, 0.2) is 0 Å². The lowest BCUT2D eigenvalue weighted by Gasteiger charge is -2.11. The smallest absolute Gasteiger partial charge is 0.255 e. The lowest BCUT2D eigenvalue weighted by molar-refractivity contribution is 0.0954. The Balaban J connectivity index is 1.56. The van der Waals surface area contributed by atoms with Crippen molar-refractivity contribution >= 4 is 11.7 Å². The molecule has 6 nitrogen and oxygen atoms in total. The number of nitrogens with zero attached hydrogens (tertiary/aromatic N) is 2. The quantitative estimate of drug-likeness (QED) is 0.644. The first-order chi connectivity index (χ1) is 13.3. The maximum atomic E-state index is 12.5. The summed E-state index contributed by atoms with van der Waals surface area (Å²) in [7, 11) is 1.64. The van der Waals surface area contributed by atoms with Crippen LogP contribution < -0.4 is 15.4 Å². The van der Waals surface area contributed by atoms with Crippen LogP contribution in [-0.4, -0.2) is 29.5 Å². The molecule has 0 aliphatic heterocycles. The van der Waals surface area contributed by atoms with Crippen molar-refractivity contribution in [3.8, 4) is 5.75 Å². The number of carbonyl (C=O) groups is 1. The number of methoxy groups -OCH3 is 1. The number of benzene rings is 1. The van der Waals surface area contributed by atoms with E-state index in [1.807, 2.05) is 36.4 Å². The molecule has 0 radical (unpaired) electrons. The topological polar surface area (TPSA) is 76.1 Å². The summed E-state index contributed by atoms with van der Waals surface area (Å²) in [5.74, 6) is 1.24. The van der Waals surface area contributed by atoms with Crippen LogP contribution in [0.3, 0.4) is 0 Å². The van der Waals surface area contributed by atoms with Gasteiger partial charge in [-0.15, -0.1) is 0 Å². The highest BCUT2D eigenvalue weighted by atomic mass is 16.5. The maximum absolute atomic E-state index is 12.5. The zero-order chi connectivity index (χ0) is 18.9. The lowest BCUT2D eigenvalue weighted by atomic mass is 10.1. The average Bonchev–Trinajstić information content (AvgIpc) is 2.73. The van der Waals surface area contributed by atoms with Crippen LogP contribution in [-0.2, 0) is 13.0 Å². The molecule has 0 saturated heterocycles. The normalized spacial score (nSPS) is 10.3. The molecule has 0 atom stereocenters. The van der Waals surface area contributed by atoms with E-state index in [4.69, 9.17) is 4.74 Å². The Morgan fingerprint density at radius 2 is 1.78 bits per heavy atom. The van der Waals surface area contributed by atoms with E-state index in [9.17, 15) is 4.79 Å². The molecule has 0 saturated carbocycles. The van der Waals surface area contributed by atoms with E-state index in [2.05, 4.69) is 20.6 Å². The highest BCUT2D eigenvalue weighted by Crippen LogP contribution is 2.14. The van der Waals surface area contributed by atoms with Crippen LogP contribution in [0, 0.1) is 0 Å². The third kappa shape index (κ3) is 5.28. The molecular weight excluding hydrogens is 340 g/mol. The molecule has 3 rings (SSSR count). The molecule has 0 aliphatic carbocycles. The Morgan fingerprint density at radius 3 is 2.52 bits per heavy atom. The van der Waals surface area contributed by atoms with Crippen LogP contribution in [0.25, 0.3) is 0 Å². The molecule has 3 aromatic rings. The monoisotopic (exact) mass is 362 g/mol. The number of pyridine rings is 2. The summed E-state index contributed by atoms with van der Waals surface area (Å²) in [4.78, 5) is 20.8. The molecule has 2 N–H and O–H groups in total. The Hall–Kier alpha value is -3.41. The van der Waals surface area contributed by atoms with E-state index in [0.717, 1.165) is 23.3 Å². The summed E-state index contributed by atoms with van der Waals surface area (Å²) in [6.07, 6.45) is 5.89. The fourth-order valence-corrected chi connectivity index (χ4v) is 2.62. The van der Waals surface area contributed by atoms with Crippen molar-refractivity contribution in [2.45, 2.75) is 13.0 Å². The summed E-state index contributed by atoms with van der Waals surface area (Å²) in [6, 6.07) is 15.2. The van der Waals surface area contributed by atoms with Crippen LogP contribution in [0.2, 0.25) is 0 Å². The SMILES string of the molecule is COc1ccc(CCNC(=O)c2cccnc2NCc2ccncc2)cc1. The van der Waals surface area contributed by atoms with Gasteiger partial charge in [-0.25, -0.2) is 4.98 Å². The summed E-state index contributed by atoms with van der Waals surface area (Å²) < 4.78 is 5.15. The van der Waals surface area contributed by atoms with E-state index in [-0.39, 0.29) is 5.91 Å². The molecule has 0 spiro atoms. The minimum absolute atomic E-state index is 0.145. The lowest BCUT2D eigenvalue weighted by Crippen LogP contribution is -2.26. The second-order valence-electron chi connectivity index (χ2n) is 5.96. The first-order valence-electron chi connectivity index (χ1n) is 8.75. The molecule has 6 heteroatoms. The molecule has 1 aromatic carbocycles. The van der Waals surface area contributed by atoms with Crippen LogP contribution in [0.1, 0.15) is 21.5 Å². The number of carbonyl (C=O) groups excluding carboxylic acids is 1. The zero-order valence-corrected chi connectivity index (χ0v) is 15.2. The Morgan fingerprint density at radius 1 is 1.00 bits per heavy atom. The van der Waals surface area contributed by atoms with Gasteiger partial charge in [0.25, 0.3) is 5.91 Å². The van der Waals surface area contributed by atoms with E-state index in [1.54, 1.807) is 37.8 Å². The fourth-order valence-electron chi connectivity index (χ4n) is 2.62. The van der Waals surface area contributed by atoms with Gasteiger partial charge in [0, 0.05) is 31.7 Å². The van der Waals surface area contributed by atoms with Crippen molar-refractivity contribution in [1.29, 1.82) is 0 Å². The molecule has 0 fully saturated rings. The van der Waals surface area contributed by atoms with Gasteiger partial charge >= 0.3 is 0 Å². The van der Waals surface area contributed by atoms with Crippen LogP contribution >= 0.6 is 0 Å². The molecular formula is C21H22N4O2. The Labute approximate surface area is 158 Å². The van der Waals surface area contributed by atoms with Crippen LogP contribution in [0.4, 0.5) is 5.82 Å². The van der Waals surface area contributed by atoms with E-state index >= 15 is 0 Å². The molecule has 0 unspecified atom stereocenters. The summed E-state index contributed by atoms with van der Waals surface area (Å²) in [6.45, 7) is 1.12. The third-order valence-corrected chi connectivity index (χ3v) is 4.12. The molecule has 2 heterocycles. The van der Waals surface area contributed by atoms with Crippen molar-refractivity contribution in [2.75, 3.05) is 19.0 Å². The zero-order valence-electron chi connectivity index (χ0n) is 15.2. The van der Waals surface area contributed by atoms with Crippen molar-refractivity contribution in [1.82, 2.24) is 15.3 Å². The van der Waals surface area contributed by atoms with E-state index < -0.39 is 0 Å². The predicted octanol–water partition coefficient (Wildman–Crippen LogP) is 3.07. The van der Waals surface area contributed by atoms with Gasteiger partial charge in [0.1, 0.15) is 11.6 Å². The van der Waals surface area contributed by atoms with Gasteiger partial charge in [-0.05, 0) is 53.9 Å². The second kappa shape index (κ2) is 9.33. The van der Waals surface area contributed by atoms with Crippen molar-refractivity contribution in [3.05, 3.63) is 83.8 Å².